The second kappa shape index (κ2) is 13.1. The molecule has 0 radical (unpaired) electrons. The molecular weight excluding hydrogens is 574 g/mol. The standard InChI is InChI=1S/C35H39N3O7/c1-43-27-17-15-24(16-18-27)22-34(25-10-4-2-5-11-25,26-12-6-3-7-13-26)36-23-28-31(40)35(42,29-14-8-9-21-44-29)32(45-28)38-20-19-30(39)37-33(38)41/h2-7,10-13,15-20,28-29,31-32,36,40,42H,8-9,14,21-23H2,1H3,(H,37,39,41)/t28-,29?,31-,32-,35-/m1/s1. The number of ether oxygens (including phenoxy) is 3. The smallest absolute Gasteiger partial charge is 0.330 e. The Labute approximate surface area is 261 Å². The Morgan fingerprint density at radius 2 is 1.64 bits per heavy atom. The molecule has 236 valence electrons. The van der Waals surface area contributed by atoms with Crippen molar-refractivity contribution in [3.8, 4) is 5.75 Å². The van der Waals surface area contributed by atoms with Crippen molar-refractivity contribution in [2.75, 3.05) is 20.3 Å². The zero-order valence-corrected chi connectivity index (χ0v) is 25.2. The van der Waals surface area contributed by atoms with Crippen molar-refractivity contribution in [3.05, 3.63) is 135 Å². The predicted octanol–water partition coefficient (Wildman–Crippen LogP) is 2.88. The first kappa shape index (κ1) is 30.9. The third kappa shape index (κ3) is 5.99. The van der Waals surface area contributed by atoms with E-state index in [1.165, 1.54) is 12.3 Å². The number of rotatable bonds is 10. The van der Waals surface area contributed by atoms with Crippen LogP contribution < -0.4 is 21.3 Å². The van der Waals surface area contributed by atoms with Crippen molar-refractivity contribution in [2.45, 2.75) is 61.4 Å². The highest BCUT2D eigenvalue weighted by molar-refractivity contribution is 5.42. The van der Waals surface area contributed by atoms with Crippen molar-refractivity contribution >= 4 is 0 Å². The highest BCUT2D eigenvalue weighted by atomic mass is 16.6. The van der Waals surface area contributed by atoms with Crippen LogP contribution in [0.2, 0.25) is 0 Å². The Hall–Kier alpha value is -4.06. The van der Waals surface area contributed by atoms with E-state index >= 15 is 0 Å². The molecule has 2 fully saturated rings. The lowest BCUT2D eigenvalue weighted by Crippen LogP contribution is -2.59. The molecule has 5 atom stereocenters. The quantitative estimate of drug-likeness (QED) is 0.215. The first-order chi connectivity index (χ1) is 21.8. The number of H-pyrrole nitrogens is 1. The second-order valence-electron chi connectivity index (χ2n) is 11.8. The van der Waals surface area contributed by atoms with Gasteiger partial charge in [0.15, 0.2) is 11.8 Å². The molecule has 2 saturated heterocycles. The fraction of sp³-hybridized carbons (Fsp3) is 0.371. The highest BCUT2D eigenvalue weighted by Crippen LogP contribution is 2.44. The minimum atomic E-state index is -1.95. The summed E-state index contributed by atoms with van der Waals surface area (Å²) in [7, 11) is 1.63. The van der Waals surface area contributed by atoms with Gasteiger partial charge in [-0.05, 0) is 54.5 Å². The topological polar surface area (TPSA) is 135 Å². The van der Waals surface area contributed by atoms with Crippen LogP contribution in [0.5, 0.6) is 5.75 Å². The third-order valence-corrected chi connectivity index (χ3v) is 9.09. The lowest BCUT2D eigenvalue weighted by Gasteiger charge is -2.40. The van der Waals surface area contributed by atoms with Gasteiger partial charge in [0.25, 0.3) is 5.56 Å². The molecule has 4 aromatic rings. The average Bonchev–Trinajstić information content (AvgIpc) is 3.34. The van der Waals surface area contributed by atoms with Crippen LogP contribution in [0.25, 0.3) is 0 Å². The number of nitrogens with one attached hydrogen (secondary N) is 2. The highest BCUT2D eigenvalue weighted by Gasteiger charge is 2.61. The molecule has 3 aromatic carbocycles. The molecule has 0 saturated carbocycles. The van der Waals surface area contributed by atoms with E-state index in [1.54, 1.807) is 7.11 Å². The molecule has 10 nitrogen and oxygen atoms in total. The molecule has 0 aliphatic carbocycles. The minimum absolute atomic E-state index is 0.116. The first-order valence-corrected chi connectivity index (χ1v) is 15.3. The zero-order valence-electron chi connectivity index (χ0n) is 25.2. The Kier molecular flexibility index (Phi) is 9.02. The van der Waals surface area contributed by atoms with Gasteiger partial charge in [-0.3, -0.25) is 14.3 Å². The van der Waals surface area contributed by atoms with Crippen LogP contribution in [0.15, 0.2) is 107 Å². The van der Waals surface area contributed by atoms with Gasteiger partial charge >= 0.3 is 5.69 Å². The summed E-state index contributed by atoms with van der Waals surface area (Å²) in [6.07, 6.45) is -0.478. The van der Waals surface area contributed by atoms with E-state index in [0.29, 0.717) is 19.4 Å². The van der Waals surface area contributed by atoms with Crippen LogP contribution in [0.3, 0.4) is 0 Å². The van der Waals surface area contributed by atoms with E-state index in [9.17, 15) is 19.8 Å². The summed E-state index contributed by atoms with van der Waals surface area (Å²) < 4.78 is 18.9. The number of aromatic amines is 1. The van der Waals surface area contributed by atoms with Crippen molar-refractivity contribution in [1.29, 1.82) is 0 Å². The Balaban J connectivity index is 1.39. The maximum Gasteiger partial charge on any atom is 0.330 e. The van der Waals surface area contributed by atoms with Crippen LogP contribution in [-0.2, 0) is 21.4 Å². The lowest BCUT2D eigenvalue weighted by molar-refractivity contribution is -0.198. The number of benzene rings is 3. The molecular formula is C35H39N3O7. The van der Waals surface area contributed by atoms with Gasteiger partial charge in [0.1, 0.15) is 18.0 Å². The summed E-state index contributed by atoms with van der Waals surface area (Å²) in [5.41, 5.74) is -0.991. The van der Waals surface area contributed by atoms with Crippen molar-refractivity contribution < 1.29 is 24.4 Å². The van der Waals surface area contributed by atoms with Crippen molar-refractivity contribution in [2.24, 2.45) is 0 Å². The summed E-state index contributed by atoms with van der Waals surface area (Å²) in [4.78, 5) is 27.0. The maximum atomic E-state index is 12.9. The van der Waals surface area contributed by atoms with Gasteiger partial charge in [0.2, 0.25) is 0 Å². The Morgan fingerprint density at radius 3 is 2.22 bits per heavy atom. The fourth-order valence-electron chi connectivity index (χ4n) is 6.71. The van der Waals surface area contributed by atoms with Gasteiger partial charge in [0.05, 0.1) is 18.8 Å². The Morgan fingerprint density at radius 1 is 0.978 bits per heavy atom. The molecule has 1 aromatic heterocycles. The molecule has 0 spiro atoms. The summed E-state index contributed by atoms with van der Waals surface area (Å²) in [6, 6.07) is 29.2. The predicted molar refractivity (Wildman–Crippen MR) is 168 cm³/mol. The summed E-state index contributed by atoms with van der Waals surface area (Å²) in [5, 5.41) is 27.8. The third-order valence-electron chi connectivity index (χ3n) is 9.09. The van der Waals surface area contributed by atoms with Crippen LogP contribution in [0.1, 0.15) is 42.2 Å². The molecule has 6 rings (SSSR count). The number of aromatic nitrogens is 2. The van der Waals surface area contributed by atoms with Crippen LogP contribution in [0.4, 0.5) is 0 Å². The van der Waals surface area contributed by atoms with Crippen molar-refractivity contribution in [1.82, 2.24) is 14.9 Å². The Bertz CT molecular complexity index is 1630. The first-order valence-electron chi connectivity index (χ1n) is 15.3. The molecule has 0 bridgehead atoms. The molecule has 1 unspecified atom stereocenters. The zero-order chi connectivity index (χ0) is 31.4. The average molecular weight is 614 g/mol. The largest absolute Gasteiger partial charge is 0.497 e. The number of methoxy groups -OCH3 is 1. The molecule has 2 aliphatic rings. The SMILES string of the molecule is COc1ccc(CC(NC[C@H]2O[C@@H](n3ccc(=O)[nH]c3=O)[C@@](O)(C3CCCCO3)[C@@H]2O)(c2ccccc2)c2ccccc2)cc1. The van der Waals surface area contributed by atoms with Crippen LogP contribution >= 0.6 is 0 Å². The van der Waals surface area contributed by atoms with Gasteiger partial charge in [-0.25, -0.2) is 4.79 Å². The number of aliphatic hydroxyl groups excluding tert-OH is 1. The van der Waals surface area contributed by atoms with E-state index in [4.69, 9.17) is 14.2 Å². The van der Waals surface area contributed by atoms with Gasteiger partial charge < -0.3 is 29.7 Å². The second-order valence-corrected chi connectivity index (χ2v) is 11.8. The maximum absolute atomic E-state index is 12.9. The number of nitrogens with zero attached hydrogens (tertiary/aromatic N) is 1. The molecule has 45 heavy (non-hydrogen) atoms. The van der Waals surface area contributed by atoms with Crippen molar-refractivity contribution in [3.63, 3.8) is 0 Å². The lowest BCUT2D eigenvalue weighted by atomic mass is 9.77. The van der Waals surface area contributed by atoms with Crippen LogP contribution in [0, 0.1) is 0 Å². The van der Waals surface area contributed by atoms with E-state index in [2.05, 4.69) is 34.6 Å². The molecule has 3 heterocycles. The number of aliphatic hydroxyl groups is 2. The molecule has 4 N–H and O–H groups in total. The number of hydrogen-bond donors (Lipinski definition) is 4. The van der Waals surface area contributed by atoms with Gasteiger partial charge in [-0.2, -0.15) is 0 Å². The molecule has 2 aliphatic heterocycles. The van der Waals surface area contributed by atoms with Gasteiger partial charge in [-0.1, -0.05) is 72.8 Å². The minimum Gasteiger partial charge on any atom is -0.497 e. The summed E-state index contributed by atoms with van der Waals surface area (Å²) in [5.74, 6) is 0.756. The van der Waals surface area contributed by atoms with Gasteiger partial charge in [-0.15, -0.1) is 0 Å². The van der Waals surface area contributed by atoms with E-state index in [0.717, 1.165) is 39.8 Å². The normalized spacial score (nSPS) is 25.2. The fourth-order valence-corrected chi connectivity index (χ4v) is 6.71. The molecule has 10 heteroatoms. The van der Waals surface area contributed by atoms with Crippen LogP contribution in [-0.4, -0.2) is 63.9 Å². The van der Waals surface area contributed by atoms with E-state index < -0.39 is 46.9 Å². The van der Waals surface area contributed by atoms with E-state index in [1.807, 2.05) is 60.7 Å². The van der Waals surface area contributed by atoms with E-state index in [-0.39, 0.29) is 6.54 Å². The summed E-state index contributed by atoms with van der Waals surface area (Å²) >= 11 is 0. The monoisotopic (exact) mass is 613 g/mol. The van der Waals surface area contributed by atoms with Gasteiger partial charge in [0, 0.05) is 25.4 Å². The number of hydrogen-bond acceptors (Lipinski definition) is 8. The summed E-state index contributed by atoms with van der Waals surface area (Å²) in [6.45, 7) is 0.535. The molecule has 0 amide bonds.